The molecule has 0 radical (unpaired) electrons. The van der Waals surface area contributed by atoms with E-state index in [-0.39, 0.29) is 39.3 Å². The van der Waals surface area contributed by atoms with Crippen LogP contribution in [0.3, 0.4) is 0 Å². The van der Waals surface area contributed by atoms with Gasteiger partial charge in [0.25, 0.3) is 0 Å². The van der Waals surface area contributed by atoms with Crippen LogP contribution >= 0.6 is 11.6 Å². The van der Waals surface area contributed by atoms with Gasteiger partial charge in [0.05, 0.1) is 35.6 Å². The molecule has 60 heavy (non-hydrogen) atoms. The van der Waals surface area contributed by atoms with E-state index in [0.717, 1.165) is 38.9 Å². The molecule has 4 aromatic carbocycles. The predicted octanol–water partition coefficient (Wildman–Crippen LogP) is 6.71. The van der Waals surface area contributed by atoms with Crippen LogP contribution in [0.15, 0.2) is 89.6 Å². The van der Waals surface area contributed by atoms with Gasteiger partial charge in [-0.3, -0.25) is 14.6 Å². The lowest BCUT2D eigenvalue weighted by Crippen LogP contribution is -2.28. The van der Waals surface area contributed by atoms with Gasteiger partial charge in [0.1, 0.15) is 36.3 Å². The molecule has 0 aliphatic rings. The van der Waals surface area contributed by atoms with Crippen molar-refractivity contribution in [2.75, 3.05) is 13.1 Å². The minimum Gasteiger partial charge on any atom is -0.488 e. The Labute approximate surface area is 351 Å². The van der Waals surface area contributed by atoms with Crippen LogP contribution in [0.2, 0.25) is 5.02 Å². The fourth-order valence-electron chi connectivity index (χ4n) is 6.70. The highest BCUT2D eigenvalue weighted by molar-refractivity contribution is 6.32. The molecule has 0 aliphatic carbocycles. The summed E-state index contributed by atoms with van der Waals surface area (Å²) < 4.78 is 18.7. The molecular formula is C45H44ClN5O9. The Hall–Kier alpha value is -6.34. The van der Waals surface area contributed by atoms with Gasteiger partial charge in [0, 0.05) is 61.3 Å². The molecule has 14 nitrogen and oxygen atoms in total. The number of benzene rings is 4. The van der Waals surface area contributed by atoms with Crippen molar-refractivity contribution in [3.05, 3.63) is 129 Å². The van der Waals surface area contributed by atoms with E-state index in [1.54, 1.807) is 24.4 Å². The van der Waals surface area contributed by atoms with Gasteiger partial charge in [-0.05, 0) is 77.6 Å². The maximum atomic E-state index is 11.0. The molecule has 6 N–H and O–H groups in total. The standard InChI is InChI=1S/C45H44ClN5O9/c1-26-31(25-59-42-16-41(58-24-30-11-29(17-47)19-48-20-30)32(13-38(42)46)21-50-23-34(53)15-44(56)57)5-3-6-35(26)36-7-4-8-37(27(36)2)45-51-39-12-28(9-10-40(39)60-45)18-49-22-33(52)14-43(54)55/h3-13,16,19-20,33-34,49-50,52-53H,14-15,18,21-25H2,1-2H3,(H,54,55)(H,56,57)/t33-,34-/m0/s1. The summed E-state index contributed by atoms with van der Waals surface area (Å²) in [6, 6.07) is 24.8. The number of hydrogen-bond donors (Lipinski definition) is 6. The lowest BCUT2D eigenvalue weighted by Gasteiger charge is -2.18. The van der Waals surface area contributed by atoms with Crippen molar-refractivity contribution in [2.24, 2.45) is 0 Å². The number of nitrogens with zero attached hydrogens (tertiary/aromatic N) is 3. The lowest BCUT2D eigenvalue weighted by molar-refractivity contribution is -0.140. The van der Waals surface area contributed by atoms with Crippen molar-refractivity contribution in [3.8, 4) is 40.1 Å². The lowest BCUT2D eigenvalue weighted by atomic mass is 9.91. The molecule has 2 aromatic heterocycles. The first kappa shape index (κ1) is 43.2. The summed E-state index contributed by atoms with van der Waals surface area (Å²) >= 11 is 6.76. The molecule has 2 heterocycles. The van der Waals surface area contributed by atoms with Crippen molar-refractivity contribution in [2.45, 2.75) is 65.2 Å². The Morgan fingerprint density at radius 2 is 1.45 bits per heavy atom. The number of aromatic nitrogens is 2. The monoisotopic (exact) mass is 833 g/mol. The summed E-state index contributed by atoms with van der Waals surface area (Å²) in [7, 11) is 0. The number of ether oxygens (including phenoxy) is 2. The fraction of sp³-hybridized carbons (Fsp3) is 0.267. The molecule has 0 amide bonds. The smallest absolute Gasteiger partial charge is 0.306 e. The maximum absolute atomic E-state index is 11.0. The number of aliphatic hydroxyl groups excluding tert-OH is 2. The van der Waals surface area contributed by atoms with E-state index in [1.165, 1.54) is 6.20 Å². The van der Waals surface area contributed by atoms with Gasteiger partial charge in [-0.15, -0.1) is 0 Å². The minimum atomic E-state index is -1.10. The molecule has 6 rings (SSSR count). The average Bonchev–Trinajstić information content (AvgIpc) is 3.63. The van der Waals surface area contributed by atoms with Gasteiger partial charge in [0.2, 0.25) is 5.89 Å². The normalized spacial score (nSPS) is 12.2. The third-order valence-corrected chi connectivity index (χ3v) is 10.1. The number of carboxylic acid groups (broad SMARTS) is 2. The van der Waals surface area contributed by atoms with Crippen LogP contribution in [-0.2, 0) is 35.9 Å². The SMILES string of the molecule is Cc1c(COc2cc(OCc3cncc(C#N)c3)c(CNC[C@@H](O)CC(=O)O)cc2Cl)cccc1-c1cccc(-c2nc3cc(CNC[C@@H](O)CC(=O)O)ccc3o2)c1C. The molecule has 0 fully saturated rings. The Balaban J connectivity index is 1.19. The van der Waals surface area contributed by atoms with Gasteiger partial charge in [-0.1, -0.05) is 48.0 Å². The number of fused-ring (bicyclic) bond motifs is 1. The summed E-state index contributed by atoms with van der Waals surface area (Å²) in [5, 5.41) is 53.6. The molecule has 310 valence electrons. The van der Waals surface area contributed by atoms with Crippen LogP contribution in [0, 0.1) is 25.2 Å². The summed E-state index contributed by atoms with van der Waals surface area (Å²) in [5.74, 6) is -0.872. The quantitative estimate of drug-likeness (QED) is 0.0471. The van der Waals surface area contributed by atoms with E-state index >= 15 is 0 Å². The Bertz CT molecular complexity index is 2540. The van der Waals surface area contributed by atoms with Crippen molar-refractivity contribution >= 4 is 34.6 Å². The number of carbonyl (C=O) groups is 2. The number of carboxylic acids is 2. The molecule has 0 spiro atoms. The Morgan fingerprint density at radius 3 is 2.17 bits per heavy atom. The highest BCUT2D eigenvalue weighted by Crippen LogP contribution is 2.37. The first-order valence-electron chi connectivity index (χ1n) is 19.1. The van der Waals surface area contributed by atoms with Crippen LogP contribution in [0.1, 0.15) is 51.8 Å². The number of halogens is 1. The summed E-state index contributed by atoms with van der Waals surface area (Å²) in [6.45, 7) is 5.16. The van der Waals surface area contributed by atoms with Crippen LogP contribution in [-0.4, -0.2) is 67.6 Å². The second-order valence-electron chi connectivity index (χ2n) is 14.3. The van der Waals surface area contributed by atoms with E-state index in [0.29, 0.717) is 56.7 Å². The average molecular weight is 834 g/mol. The van der Waals surface area contributed by atoms with Gasteiger partial charge in [-0.2, -0.15) is 5.26 Å². The number of nitrogens with one attached hydrogen (secondary N) is 2. The van der Waals surface area contributed by atoms with Gasteiger partial charge >= 0.3 is 11.9 Å². The zero-order valence-corrected chi connectivity index (χ0v) is 33.7. The van der Waals surface area contributed by atoms with E-state index in [2.05, 4.69) is 21.7 Å². The summed E-state index contributed by atoms with van der Waals surface area (Å²) in [4.78, 5) is 30.8. The number of aliphatic hydroxyl groups is 2. The zero-order chi connectivity index (χ0) is 42.8. The highest BCUT2D eigenvalue weighted by Gasteiger charge is 2.18. The molecule has 15 heteroatoms. The summed E-state index contributed by atoms with van der Waals surface area (Å²) in [6.07, 6.45) is 0.277. The van der Waals surface area contributed by atoms with E-state index in [9.17, 15) is 25.1 Å². The number of oxazole rings is 1. The number of hydrogen-bond acceptors (Lipinski definition) is 12. The van der Waals surface area contributed by atoms with E-state index in [4.69, 9.17) is 40.7 Å². The van der Waals surface area contributed by atoms with Crippen LogP contribution in [0.5, 0.6) is 11.5 Å². The first-order chi connectivity index (χ1) is 28.9. The molecular weight excluding hydrogens is 790 g/mol. The second-order valence-corrected chi connectivity index (χ2v) is 14.7. The predicted molar refractivity (Wildman–Crippen MR) is 223 cm³/mol. The largest absolute Gasteiger partial charge is 0.488 e. The van der Waals surface area contributed by atoms with Crippen LogP contribution in [0.4, 0.5) is 0 Å². The second kappa shape index (κ2) is 20.1. The summed E-state index contributed by atoms with van der Waals surface area (Å²) in [5.41, 5.74) is 9.65. The van der Waals surface area contributed by atoms with Gasteiger partial charge in [-0.25, -0.2) is 4.98 Å². The van der Waals surface area contributed by atoms with Crippen LogP contribution < -0.4 is 20.1 Å². The Morgan fingerprint density at radius 1 is 0.783 bits per heavy atom. The molecule has 0 saturated carbocycles. The van der Waals surface area contributed by atoms with Crippen molar-refractivity contribution < 1.29 is 43.9 Å². The molecule has 6 aromatic rings. The number of nitriles is 1. The third-order valence-electron chi connectivity index (χ3n) is 9.79. The fourth-order valence-corrected chi connectivity index (χ4v) is 6.94. The van der Waals surface area contributed by atoms with Gasteiger partial charge in [0.15, 0.2) is 5.58 Å². The van der Waals surface area contributed by atoms with Crippen molar-refractivity contribution in [1.29, 1.82) is 5.26 Å². The third kappa shape index (κ3) is 11.2. The van der Waals surface area contributed by atoms with E-state index in [1.807, 2.05) is 68.4 Å². The number of aliphatic carboxylic acids is 2. The van der Waals surface area contributed by atoms with Crippen molar-refractivity contribution in [3.63, 3.8) is 0 Å². The van der Waals surface area contributed by atoms with Crippen molar-refractivity contribution in [1.82, 2.24) is 20.6 Å². The molecule has 0 unspecified atom stereocenters. The van der Waals surface area contributed by atoms with Crippen LogP contribution in [0.25, 0.3) is 33.7 Å². The van der Waals surface area contributed by atoms with Gasteiger partial charge < -0.3 is 45.0 Å². The molecule has 0 saturated heterocycles. The maximum Gasteiger partial charge on any atom is 0.306 e. The Kier molecular flexibility index (Phi) is 14.5. The molecule has 0 bridgehead atoms. The number of pyridine rings is 1. The van der Waals surface area contributed by atoms with E-state index < -0.39 is 30.6 Å². The minimum absolute atomic E-state index is 0.0360. The highest BCUT2D eigenvalue weighted by atomic mass is 35.5. The zero-order valence-electron chi connectivity index (χ0n) is 32.9. The number of rotatable bonds is 20. The molecule has 2 atom stereocenters. The molecule has 0 aliphatic heterocycles. The topological polar surface area (TPSA) is 220 Å². The first-order valence-corrected chi connectivity index (χ1v) is 19.5.